The number of nitrogens with one attached hydrogen (secondary N) is 2. The number of halogens is 2. The number of allylic oxidation sites excluding steroid dienone is 1. The normalized spacial score (nSPS) is 11.2. The number of amides is 2. The molecular formula is C33H26Cl2N2O5. The first-order chi connectivity index (χ1) is 20.3. The van der Waals surface area contributed by atoms with Gasteiger partial charge in [-0.2, -0.15) is 0 Å². The maximum absolute atomic E-state index is 13.3. The Morgan fingerprint density at radius 1 is 0.762 bits per heavy atom. The van der Waals surface area contributed by atoms with Crippen LogP contribution in [0, 0.1) is 0 Å². The molecule has 0 saturated carbocycles. The summed E-state index contributed by atoms with van der Waals surface area (Å²) in [4.78, 5) is 38.9. The standard InChI is InChI=1S/C33H26Cl2N2O5/c1-41-30-17-8-21(19-31(30)42-2)18-28(37-32(39)24-6-4-3-5-7-24)33(40)36-26-14-10-23(11-15-26)29(38)16-12-22-9-13-25(34)20-27(22)35/h3-20H,1-2H3,(H,36,40)(H,37,39)/b16-12+,28-18-. The lowest BCUT2D eigenvalue weighted by Crippen LogP contribution is -2.30. The smallest absolute Gasteiger partial charge is 0.272 e. The molecule has 0 fully saturated rings. The van der Waals surface area contributed by atoms with E-state index in [-0.39, 0.29) is 11.5 Å². The zero-order valence-electron chi connectivity index (χ0n) is 22.7. The molecule has 9 heteroatoms. The highest BCUT2D eigenvalue weighted by atomic mass is 35.5. The zero-order valence-corrected chi connectivity index (χ0v) is 24.2. The summed E-state index contributed by atoms with van der Waals surface area (Å²) in [6.45, 7) is 0. The molecule has 2 amide bonds. The molecule has 212 valence electrons. The van der Waals surface area contributed by atoms with E-state index in [0.717, 1.165) is 0 Å². The second kappa shape index (κ2) is 14.2. The first-order valence-corrected chi connectivity index (χ1v) is 13.4. The van der Waals surface area contributed by atoms with Gasteiger partial charge in [0.25, 0.3) is 11.8 Å². The maximum Gasteiger partial charge on any atom is 0.272 e. The van der Waals surface area contributed by atoms with Crippen molar-refractivity contribution in [3.05, 3.63) is 135 Å². The van der Waals surface area contributed by atoms with Gasteiger partial charge in [0.05, 0.1) is 14.2 Å². The Labute approximate surface area is 253 Å². The van der Waals surface area contributed by atoms with Crippen molar-refractivity contribution < 1.29 is 23.9 Å². The third-order valence-electron chi connectivity index (χ3n) is 6.05. The lowest BCUT2D eigenvalue weighted by Gasteiger charge is -2.13. The van der Waals surface area contributed by atoms with Gasteiger partial charge >= 0.3 is 0 Å². The van der Waals surface area contributed by atoms with Crippen molar-refractivity contribution in [2.75, 3.05) is 19.5 Å². The van der Waals surface area contributed by atoms with Crippen molar-refractivity contribution >= 4 is 58.6 Å². The Balaban J connectivity index is 1.53. The van der Waals surface area contributed by atoms with Crippen LogP contribution in [0.15, 0.2) is 103 Å². The quantitative estimate of drug-likeness (QED) is 0.147. The molecule has 4 rings (SSSR count). The SMILES string of the molecule is COc1ccc(/C=C(\NC(=O)c2ccccc2)C(=O)Nc2ccc(C(=O)/C=C/c3ccc(Cl)cc3Cl)cc2)cc1OC. The fraction of sp³-hybridized carbons (Fsp3) is 0.0606. The molecule has 0 aliphatic carbocycles. The number of rotatable bonds is 10. The number of benzene rings is 4. The van der Waals surface area contributed by atoms with Crippen molar-refractivity contribution in [2.24, 2.45) is 0 Å². The third-order valence-corrected chi connectivity index (χ3v) is 6.61. The predicted octanol–water partition coefficient (Wildman–Crippen LogP) is 7.32. The third kappa shape index (κ3) is 7.87. The average Bonchev–Trinajstić information content (AvgIpc) is 3.00. The summed E-state index contributed by atoms with van der Waals surface area (Å²) in [5.74, 6) is -0.276. The van der Waals surface area contributed by atoms with Crippen LogP contribution in [0.4, 0.5) is 5.69 Å². The molecule has 0 heterocycles. The van der Waals surface area contributed by atoms with E-state index in [4.69, 9.17) is 32.7 Å². The van der Waals surface area contributed by atoms with Crippen LogP contribution in [0.2, 0.25) is 10.0 Å². The number of carbonyl (C=O) groups excluding carboxylic acids is 3. The minimum absolute atomic E-state index is 0.000924. The van der Waals surface area contributed by atoms with Crippen LogP contribution in [-0.4, -0.2) is 31.8 Å². The number of hydrogen-bond acceptors (Lipinski definition) is 5. The van der Waals surface area contributed by atoms with Gasteiger partial charge < -0.3 is 20.1 Å². The minimum Gasteiger partial charge on any atom is -0.493 e. The molecule has 2 N–H and O–H groups in total. The molecule has 7 nitrogen and oxygen atoms in total. The summed E-state index contributed by atoms with van der Waals surface area (Å²) in [6, 6.07) is 25.0. The van der Waals surface area contributed by atoms with E-state index < -0.39 is 11.8 Å². The van der Waals surface area contributed by atoms with Crippen molar-refractivity contribution in [2.45, 2.75) is 0 Å². The van der Waals surface area contributed by atoms with E-state index in [1.54, 1.807) is 97.1 Å². The van der Waals surface area contributed by atoms with Crippen molar-refractivity contribution in [1.82, 2.24) is 5.32 Å². The second-order valence-electron chi connectivity index (χ2n) is 8.89. The molecule has 42 heavy (non-hydrogen) atoms. The van der Waals surface area contributed by atoms with Crippen LogP contribution in [0.3, 0.4) is 0 Å². The first kappa shape index (κ1) is 30.1. The predicted molar refractivity (Wildman–Crippen MR) is 166 cm³/mol. The Morgan fingerprint density at radius 2 is 1.48 bits per heavy atom. The van der Waals surface area contributed by atoms with Gasteiger partial charge in [-0.05, 0) is 90.0 Å². The molecule has 0 aromatic heterocycles. The van der Waals surface area contributed by atoms with E-state index in [0.29, 0.717) is 49.5 Å². The monoisotopic (exact) mass is 600 g/mol. The van der Waals surface area contributed by atoms with E-state index >= 15 is 0 Å². The van der Waals surface area contributed by atoms with Crippen LogP contribution in [0.25, 0.3) is 12.2 Å². The topological polar surface area (TPSA) is 93.7 Å². The van der Waals surface area contributed by atoms with Gasteiger partial charge in [-0.3, -0.25) is 14.4 Å². The summed E-state index contributed by atoms with van der Waals surface area (Å²) in [5.41, 5.74) is 2.48. The summed E-state index contributed by atoms with van der Waals surface area (Å²) in [6.07, 6.45) is 4.55. The highest BCUT2D eigenvalue weighted by Gasteiger charge is 2.16. The number of anilines is 1. The minimum atomic E-state index is -0.564. The van der Waals surface area contributed by atoms with Gasteiger partial charge in [0, 0.05) is 26.9 Å². The lowest BCUT2D eigenvalue weighted by molar-refractivity contribution is -0.113. The van der Waals surface area contributed by atoms with Gasteiger partial charge in [-0.15, -0.1) is 0 Å². The molecule has 4 aromatic carbocycles. The number of ether oxygens (including phenoxy) is 2. The number of ketones is 1. The van der Waals surface area contributed by atoms with Gasteiger partial charge in [-0.1, -0.05) is 53.5 Å². The second-order valence-corrected chi connectivity index (χ2v) is 9.73. The van der Waals surface area contributed by atoms with Crippen molar-refractivity contribution in [3.8, 4) is 11.5 Å². The van der Waals surface area contributed by atoms with Crippen LogP contribution in [0.5, 0.6) is 11.5 Å². The molecule has 0 spiro atoms. The Morgan fingerprint density at radius 3 is 2.14 bits per heavy atom. The molecule has 0 aliphatic heterocycles. The number of carbonyl (C=O) groups is 3. The summed E-state index contributed by atoms with van der Waals surface area (Å²) < 4.78 is 10.6. The van der Waals surface area contributed by atoms with Gasteiger partial charge in [0.2, 0.25) is 0 Å². The average molecular weight is 601 g/mol. The Bertz CT molecular complexity index is 1670. The summed E-state index contributed by atoms with van der Waals surface area (Å²) >= 11 is 12.1. The van der Waals surface area contributed by atoms with E-state index in [1.165, 1.54) is 26.4 Å². The number of hydrogen-bond donors (Lipinski definition) is 2. The first-order valence-electron chi connectivity index (χ1n) is 12.7. The molecule has 0 radical (unpaired) electrons. The Kier molecular flexibility index (Phi) is 10.2. The van der Waals surface area contributed by atoms with Crippen molar-refractivity contribution in [1.29, 1.82) is 0 Å². The molecular weight excluding hydrogens is 575 g/mol. The fourth-order valence-corrected chi connectivity index (χ4v) is 4.34. The zero-order chi connectivity index (χ0) is 30.1. The molecule has 0 saturated heterocycles. The van der Waals surface area contributed by atoms with E-state index in [9.17, 15) is 14.4 Å². The van der Waals surface area contributed by atoms with Crippen LogP contribution >= 0.6 is 23.2 Å². The largest absolute Gasteiger partial charge is 0.493 e. The van der Waals surface area contributed by atoms with Gasteiger partial charge in [0.15, 0.2) is 17.3 Å². The van der Waals surface area contributed by atoms with E-state index in [1.807, 2.05) is 0 Å². The highest BCUT2D eigenvalue weighted by Crippen LogP contribution is 2.28. The maximum atomic E-state index is 13.3. The summed E-state index contributed by atoms with van der Waals surface area (Å²) in [5, 5.41) is 6.40. The van der Waals surface area contributed by atoms with Crippen LogP contribution < -0.4 is 20.1 Å². The van der Waals surface area contributed by atoms with Gasteiger partial charge in [-0.25, -0.2) is 0 Å². The molecule has 0 atom stereocenters. The van der Waals surface area contributed by atoms with Crippen molar-refractivity contribution in [3.63, 3.8) is 0 Å². The summed E-state index contributed by atoms with van der Waals surface area (Å²) in [7, 11) is 3.03. The number of methoxy groups -OCH3 is 2. The lowest BCUT2D eigenvalue weighted by atomic mass is 10.1. The molecule has 0 bridgehead atoms. The van der Waals surface area contributed by atoms with Gasteiger partial charge in [0.1, 0.15) is 5.70 Å². The fourth-order valence-electron chi connectivity index (χ4n) is 3.87. The molecule has 0 unspecified atom stereocenters. The molecule has 4 aromatic rings. The van der Waals surface area contributed by atoms with Crippen LogP contribution in [0.1, 0.15) is 31.8 Å². The van der Waals surface area contributed by atoms with E-state index in [2.05, 4.69) is 10.6 Å². The molecule has 0 aliphatic rings. The Hall–Kier alpha value is -4.85. The highest BCUT2D eigenvalue weighted by molar-refractivity contribution is 6.35. The van der Waals surface area contributed by atoms with Crippen LogP contribution in [-0.2, 0) is 4.79 Å².